The van der Waals surface area contributed by atoms with E-state index >= 15 is 0 Å². The van der Waals surface area contributed by atoms with Gasteiger partial charge in [-0.25, -0.2) is 9.97 Å². The fourth-order valence-electron chi connectivity index (χ4n) is 2.81. The molecule has 4 aromatic rings. The van der Waals surface area contributed by atoms with E-state index in [0.717, 1.165) is 27.6 Å². The molecule has 0 aliphatic heterocycles. The van der Waals surface area contributed by atoms with Crippen LogP contribution in [0.5, 0.6) is 11.5 Å². The van der Waals surface area contributed by atoms with Gasteiger partial charge in [-0.05, 0) is 35.0 Å². The third kappa shape index (κ3) is 2.20. The van der Waals surface area contributed by atoms with E-state index in [0.29, 0.717) is 17.3 Å². The van der Waals surface area contributed by atoms with Crippen LogP contribution in [0.4, 0.5) is 0 Å². The summed E-state index contributed by atoms with van der Waals surface area (Å²) in [6.07, 6.45) is 6.13. The fourth-order valence-corrected chi connectivity index (χ4v) is 2.81. The molecule has 4 rings (SSSR count). The van der Waals surface area contributed by atoms with E-state index in [9.17, 15) is 0 Å². The normalized spacial score (nSPS) is 10.9. The summed E-state index contributed by atoms with van der Waals surface area (Å²) in [5.41, 5.74) is 1.69. The van der Waals surface area contributed by atoms with E-state index in [2.05, 4.69) is 9.97 Å². The summed E-state index contributed by atoms with van der Waals surface area (Å²) < 4.78 is 21.9. The van der Waals surface area contributed by atoms with Gasteiger partial charge in [-0.1, -0.05) is 0 Å². The zero-order valence-corrected chi connectivity index (χ0v) is 13.1. The zero-order chi connectivity index (χ0) is 16.5. The van der Waals surface area contributed by atoms with Crippen LogP contribution >= 0.6 is 0 Å². The van der Waals surface area contributed by atoms with E-state index in [1.807, 2.05) is 24.3 Å². The molecule has 0 fully saturated rings. The van der Waals surface area contributed by atoms with Crippen molar-refractivity contribution in [2.24, 2.45) is 0 Å². The average molecular weight is 322 g/mol. The Balaban J connectivity index is 2.12. The van der Waals surface area contributed by atoms with Gasteiger partial charge < -0.3 is 18.3 Å². The summed E-state index contributed by atoms with van der Waals surface area (Å²) in [6, 6.07) is 7.72. The van der Waals surface area contributed by atoms with Crippen LogP contribution in [0.3, 0.4) is 0 Å². The van der Waals surface area contributed by atoms with Crippen molar-refractivity contribution in [2.75, 3.05) is 14.2 Å². The van der Waals surface area contributed by atoms with Gasteiger partial charge in [0.05, 0.1) is 32.2 Å². The second-order valence-electron chi connectivity index (χ2n) is 5.14. The average Bonchev–Trinajstić information content (AvgIpc) is 3.33. The number of ether oxygens (including phenoxy) is 2. The molecule has 2 aromatic carbocycles. The molecule has 0 saturated heterocycles. The smallest absolute Gasteiger partial charge is 0.181 e. The molecule has 0 spiro atoms. The Morgan fingerprint density at radius 2 is 1.58 bits per heavy atom. The summed E-state index contributed by atoms with van der Waals surface area (Å²) in [5.74, 6) is 2.69. The number of aromatic nitrogens is 2. The van der Waals surface area contributed by atoms with Gasteiger partial charge in [0.25, 0.3) is 0 Å². The van der Waals surface area contributed by atoms with Crippen LogP contribution in [0.2, 0.25) is 0 Å². The summed E-state index contributed by atoms with van der Waals surface area (Å²) in [6.45, 7) is 0. The second-order valence-corrected chi connectivity index (χ2v) is 5.14. The molecule has 0 amide bonds. The lowest BCUT2D eigenvalue weighted by atomic mass is 9.96. The van der Waals surface area contributed by atoms with Gasteiger partial charge in [-0.2, -0.15) is 0 Å². The zero-order valence-electron chi connectivity index (χ0n) is 13.1. The second kappa shape index (κ2) is 5.73. The molecule has 0 aliphatic rings. The first-order valence-corrected chi connectivity index (χ1v) is 7.28. The third-order valence-electron chi connectivity index (χ3n) is 3.90. The van der Waals surface area contributed by atoms with Gasteiger partial charge >= 0.3 is 0 Å². The van der Waals surface area contributed by atoms with Crippen molar-refractivity contribution < 1.29 is 18.3 Å². The molecule has 0 radical (unpaired) electrons. The van der Waals surface area contributed by atoms with Crippen LogP contribution in [-0.2, 0) is 0 Å². The van der Waals surface area contributed by atoms with Gasteiger partial charge in [-0.15, -0.1) is 0 Å². The SMILES string of the molecule is COc1ccc2c(-c3cnco3)c(OC)cc(-c3cnco3)c2c1. The highest BCUT2D eigenvalue weighted by Crippen LogP contribution is 2.43. The standard InChI is InChI=1S/C18H14N2O4/c1-21-11-3-4-12-13(5-11)14(16-7-19-9-23-16)6-15(22-2)18(12)17-8-20-10-24-17/h3-10H,1-2H3. The molecule has 0 aliphatic carbocycles. The van der Waals surface area contributed by atoms with E-state index in [4.69, 9.17) is 18.3 Å². The minimum atomic E-state index is 0.631. The summed E-state index contributed by atoms with van der Waals surface area (Å²) in [5, 5.41) is 1.89. The Morgan fingerprint density at radius 1 is 0.833 bits per heavy atom. The van der Waals surface area contributed by atoms with Gasteiger partial charge in [0, 0.05) is 5.56 Å². The Hall–Kier alpha value is -3.28. The molecular weight excluding hydrogens is 308 g/mol. The predicted molar refractivity (Wildman–Crippen MR) is 88.0 cm³/mol. The van der Waals surface area contributed by atoms with Crippen LogP contribution in [0, 0.1) is 0 Å². The molecule has 0 atom stereocenters. The number of methoxy groups -OCH3 is 2. The van der Waals surface area contributed by atoms with E-state index < -0.39 is 0 Å². The number of hydrogen-bond acceptors (Lipinski definition) is 6. The highest BCUT2D eigenvalue weighted by atomic mass is 16.5. The molecule has 2 heterocycles. The lowest BCUT2D eigenvalue weighted by Gasteiger charge is -2.14. The van der Waals surface area contributed by atoms with Crippen molar-refractivity contribution in [3.05, 3.63) is 49.4 Å². The van der Waals surface area contributed by atoms with E-state index in [1.165, 1.54) is 12.8 Å². The van der Waals surface area contributed by atoms with Gasteiger partial charge in [0.1, 0.15) is 11.5 Å². The summed E-state index contributed by atoms with van der Waals surface area (Å²) >= 11 is 0. The Morgan fingerprint density at radius 3 is 2.21 bits per heavy atom. The van der Waals surface area contributed by atoms with Crippen molar-refractivity contribution in [2.45, 2.75) is 0 Å². The van der Waals surface area contributed by atoms with Crippen LogP contribution in [0.1, 0.15) is 0 Å². The molecule has 0 N–H and O–H groups in total. The summed E-state index contributed by atoms with van der Waals surface area (Å²) in [4.78, 5) is 8.02. The van der Waals surface area contributed by atoms with Crippen molar-refractivity contribution >= 4 is 10.8 Å². The first kappa shape index (κ1) is 14.3. The number of fused-ring (bicyclic) bond motifs is 1. The quantitative estimate of drug-likeness (QED) is 0.561. The molecule has 120 valence electrons. The Kier molecular flexibility index (Phi) is 3.42. The predicted octanol–water partition coefficient (Wildman–Crippen LogP) is 4.17. The van der Waals surface area contributed by atoms with Gasteiger partial charge in [0.15, 0.2) is 24.3 Å². The minimum absolute atomic E-state index is 0.631. The van der Waals surface area contributed by atoms with E-state index in [1.54, 1.807) is 26.6 Å². The van der Waals surface area contributed by atoms with Crippen LogP contribution in [-0.4, -0.2) is 24.2 Å². The maximum atomic E-state index is 5.59. The van der Waals surface area contributed by atoms with Crippen molar-refractivity contribution in [3.63, 3.8) is 0 Å². The lowest BCUT2D eigenvalue weighted by molar-refractivity contribution is 0.414. The molecule has 0 saturated carbocycles. The number of benzene rings is 2. The van der Waals surface area contributed by atoms with Crippen molar-refractivity contribution in [1.82, 2.24) is 9.97 Å². The van der Waals surface area contributed by atoms with Crippen LogP contribution in [0.15, 0.2) is 58.3 Å². The molecule has 2 aromatic heterocycles. The van der Waals surface area contributed by atoms with Crippen molar-refractivity contribution in [3.8, 4) is 34.1 Å². The monoisotopic (exact) mass is 322 g/mol. The minimum Gasteiger partial charge on any atom is -0.497 e. The first-order valence-electron chi connectivity index (χ1n) is 7.28. The maximum Gasteiger partial charge on any atom is 0.181 e. The molecule has 6 nitrogen and oxygen atoms in total. The van der Waals surface area contributed by atoms with Gasteiger partial charge in [-0.3, -0.25) is 0 Å². The third-order valence-corrected chi connectivity index (χ3v) is 3.90. The highest BCUT2D eigenvalue weighted by molar-refractivity contribution is 6.06. The molecule has 0 bridgehead atoms. The molecule has 0 unspecified atom stereocenters. The fraction of sp³-hybridized carbons (Fsp3) is 0.111. The molecule has 6 heteroatoms. The largest absolute Gasteiger partial charge is 0.497 e. The topological polar surface area (TPSA) is 70.5 Å². The van der Waals surface area contributed by atoms with Crippen molar-refractivity contribution in [1.29, 1.82) is 0 Å². The number of rotatable bonds is 4. The van der Waals surface area contributed by atoms with Crippen LogP contribution in [0.25, 0.3) is 33.4 Å². The Labute approximate surface area is 137 Å². The maximum absolute atomic E-state index is 5.59. The lowest BCUT2D eigenvalue weighted by Crippen LogP contribution is -1.92. The Bertz CT molecular complexity index is 976. The number of oxazole rings is 2. The van der Waals surface area contributed by atoms with E-state index in [-0.39, 0.29) is 0 Å². The molecular formula is C18H14N2O4. The first-order chi connectivity index (χ1) is 11.8. The van der Waals surface area contributed by atoms with Gasteiger partial charge in [0.2, 0.25) is 0 Å². The number of hydrogen-bond donors (Lipinski definition) is 0. The highest BCUT2D eigenvalue weighted by Gasteiger charge is 2.19. The van der Waals surface area contributed by atoms with Crippen LogP contribution < -0.4 is 9.47 Å². The molecule has 24 heavy (non-hydrogen) atoms. The number of nitrogens with zero attached hydrogens (tertiary/aromatic N) is 2. The summed E-state index contributed by atoms with van der Waals surface area (Å²) in [7, 11) is 3.25.